The van der Waals surface area contributed by atoms with Crippen LogP contribution in [0.5, 0.6) is 0 Å². The summed E-state index contributed by atoms with van der Waals surface area (Å²) >= 11 is 1.64. The summed E-state index contributed by atoms with van der Waals surface area (Å²) in [7, 11) is 0. The molecule has 0 amide bonds. The summed E-state index contributed by atoms with van der Waals surface area (Å²) in [6.07, 6.45) is 0. The van der Waals surface area contributed by atoms with Gasteiger partial charge >= 0.3 is 5.97 Å². The molecule has 1 aliphatic rings. The summed E-state index contributed by atoms with van der Waals surface area (Å²) in [6.45, 7) is 1.39. The van der Waals surface area contributed by atoms with Crippen molar-refractivity contribution >= 4 is 27.5 Å². The molecule has 0 spiro atoms. The van der Waals surface area contributed by atoms with Crippen molar-refractivity contribution in [2.24, 2.45) is 5.92 Å². The maximum absolute atomic E-state index is 13.5. The topological polar surface area (TPSA) is 56.3 Å². The highest BCUT2D eigenvalue weighted by Gasteiger charge is 2.39. The highest BCUT2D eigenvalue weighted by Crippen LogP contribution is 2.35. The minimum absolute atomic E-state index is 0.352. The van der Waals surface area contributed by atoms with Crippen LogP contribution in [-0.4, -0.2) is 34.0 Å². The van der Waals surface area contributed by atoms with Gasteiger partial charge in [-0.2, -0.15) is 0 Å². The Morgan fingerprint density at radius 1 is 1.24 bits per heavy atom. The zero-order valence-corrected chi connectivity index (χ0v) is 14.0. The van der Waals surface area contributed by atoms with E-state index >= 15 is 0 Å². The van der Waals surface area contributed by atoms with Crippen LogP contribution in [0.3, 0.4) is 0 Å². The molecule has 0 unspecified atom stereocenters. The Morgan fingerprint density at radius 2 is 2.00 bits per heavy atom. The molecule has 0 saturated carbocycles. The number of aliphatic carboxylic acids is 1. The first-order valence-electron chi connectivity index (χ1n) is 7.96. The number of rotatable bonds is 4. The van der Waals surface area contributed by atoms with E-state index in [-0.39, 0.29) is 0 Å². The number of H-pyrrole nitrogens is 1. The van der Waals surface area contributed by atoms with Gasteiger partial charge in [0.05, 0.1) is 16.1 Å². The fourth-order valence-corrected chi connectivity index (χ4v) is 4.43. The molecular weight excluding hydrogens is 346 g/mol. The van der Waals surface area contributed by atoms with Gasteiger partial charge in [-0.05, 0) is 35.2 Å². The number of halogens is 2. The molecule has 2 atom stereocenters. The molecule has 1 saturated heterocycles. The van der Waals surface area contributed by atoms with E-state index in [1.54, 1.807) is 11.3 Å². The van der Waals surface area contributed by atoms with Crippen molar-refractivity contribution < 1.29 is 18.7 Å². The Morgan fingerprint density at radius 3 is 2.68 bits per heavy atom. The van der Waals surface area contributed by atoms with Crippen LogP contribution in [0.25, 0.3) is 10.2 Å². The van der Waals surface area contributed by atoms with Gasteiger partial charge in [0, 0.05) is 37.3 Å². The van der Waals surface area contributed by atoms with Crippen LogP contribution >= 0.6 is 11.3 Å². The normalized spacial score (nSPS) is 21.2. The van der Waals surface area contributed by atoms with Gasteiger partial charge in [0.25, 0.3) is 0 Å². The number of thiophene rings is 1. The SMILES string of the molecule is O=C(O)[C@@H]1CN(Cc2cc3sccc3[nH]2)C[C@H]1c1cc(F)cc(F)c1. The second-order valence-electron chi connectivity index (χ2n) is 6.44. The lowest BCUT2D eigenvalue weighted by Crippen LogP contribution is -2.23. The van der Waals surface area contributed by atoms with E-state index < -0.39 is 29.4 Å². The smallest absolute Gasteiger partial charge is 0.308 e. The van der Waals surface area contributed by atoms with E-state index in [0.29, 0.717) is 25.2 Å². The number of aromatic amines is 1. The Hall–Kier alpha value is -2.25. The molecule has 0 radical (unpaired) electrons. The number of hydrogen-bond donors (Lipinski definition) is 2. The number of fused-ring (bicyclic) bond motifs is 1. The first-order valence-corrected chi connectivity index (χ1v) is 8.84. The molecule has 25 heavy (non-hydrogen) atoms. The predicted molar refractivity (Wildman–Crippen MR) is 91.7 cm³/mol. The monoisotopic (exact) mass is 362 g/mol. The van der Waals surface area contributed by atoms with Gasteiger partial charge < -0.3 is 10.1 Å². The van der Waals surface area contributed by atoms with Gasteiger partial charge in [0.15, 0.2) is 0 Å². The number of aromatic nitrogens is 1. The summed E-state index contributed by atoms with van der Waals surface area (Å²) in [5.74, 6) is -3.41. The standard InChI is InChI=1S/C18H16F2N2O2S/c19-11-3-10(4-12(20)5-11)14-8-22(9-15(14)18(23)24)7-13-6-17-16(21-13)1-2-25-17/h1-6,14-15,21H,7-9H2,(H,23,24)/t14-,15+/m0/s1. The number of carboxylic acids is 1. The third kappa shape index (κ3) is 3.17. The Kier molecular flexibility index (Phi) is 4.05. The van der Waals surface area contributed by atoms with Crippen molar-refractivity contribution in [2.45, 2.75) is 12.5 Å². The minimum atomic E-state index is -0.940. The average Bonchev–Trinajstić information content (AvgIpc) is 3.20. The highest BCUT2D eigenvalue weighted by atomic mass is 32.1. The quantitative estimate of drug-likeness (QED) is 0.742. The van der Waals surface area contributed by atoms with Crippen molar-refractivity contribution in [3.63, 3.8) is 0 Å². The first-order chi connectivity index (χ1) is 12.0. The van der Waals surface area contributed by atoms with Gasteiger partial charge in [0.1, 0.15) is 11.6 Å². The van der Waals surface area contributed by atoms with Crippen molar-refractivity contribution in [2.75, 3.05) is 13.1 Å². The lowest BCUT2D eigenvalue weighted by atomic mass is 9.89. The van der Waals surface area contributed by atoms with Crippen LogP contribution < -0.4 is 0 Å². The average molecular weight is 362 g/mol. The maximum Gasteiger partial charge on any atom is 0.308 e. The van der Waals surface area contributed by atoms with E-state index in [1.165, 1.54) is 12.1 Å². The minimum Gasteiger partial charge on any atom is -0.481 e. The van der Waals surface area contributed by atoms with E-state index in [2.05, 4.69) is 11.1 Å². The Balaban J connectivity index is 1.57. The lowest BCUT2D eigenvalue weighted by molar-refractivity contribution is -0.141. The summed E-state index contributed by atoms with van der Waals surface area (Å²) in [5, 5.41) is 11.5. The maximum atomic E-state index is 13.5. The number of carboxylic acid groups (broad SMARTS) is 1. The zero-order valence-electron chi connectivity index (χ0n) is 13.2. The molecule has 2 N–H and O–H groups in total. The van der Waals surface area contributed by atoms with Crippen LogP contribution in [0.4, 0.5) is 8.78 Å². The molecule has 1 fully saturated rings. The molecule has 4 nitrogen and oxygen atoms in total. The fraction of sp³-hybridized carbons (Fsp3) is 0.278. The third-order valence-corrected chi connectivity index (χ3v) is 5.58. The van der Waals surface area contributed by atoms with Gasteiger partial charge in [-0.3, -0.25) is 9.69 Å². The van der Waals surface area contributed by atoms with Crippen LogP contribution in [-0.2, 0) is 11.3 Å². The summed E-state index contributed by atoms with van der Waals surface area (Å²) in [4.78, 5) is 17.0. The molecule has 3 aromatic rings. The van der Waals surface area contributed by atoms with Crippen molar-refractivity contribution in [1.82, 2.24) is 9.88 Å². The van der Waals surface area contributed by atoms with E-state index in [0.717, 1.165) is 22.0 Å². The number of nitrogens with zero attached hydrogens (tertiary/aromatic N) is 1. The first kappa shape index (κ1) is 16.2. The van der Waals surface area contributed by atoms with Crippen LogP contribution in [0, 0.1) is 17.6 Å². The van der Waals surface area contributed by atoms with Gasteiger partial charge in [0.2, 0.25) is 0 Å². The van der Waals surface area contributed by atoms with Crippen LogP contribution in [0.15, 0.2) is 35.7 Å². The van der Waals surface area contributed by atoms with Crippen LogP contribution in [0.1, 0.15) is 17.2 Å². The van der Waals surface area contributed by atoms with Crippen molar-refractivity contribution in [3.8, 4) is 0 Å². The molecule has 7 heteroatoms. The third-order valence-electron chi connectivity index (χ3n) is 4.72. The summed E-state index contributed by atoms with van der Waals surface area (Å²) in [5.41, 5.74) is 2.48. The zero-order chi connectivity index (χ0) is 17.6. The van der Waals surface area contributed by atoms with Crippen molar-refractivity contribution in [1.29, 1.82) is 0 Å². The van der Waals surface area contributed by atoms with E-state index in [4.69, 9.17) is 0 Å². The number of likely N-dealkylation sites (tertiary alicyclic amines) is 1. The van der Waals surface area contributed by atoms with Gasteiger partial charge in [-0.1, -0.05) is 0 Å². The molecule has 1 aliphatic heterocycles. The molecule has 3 heterocycles. The van der Waals surface area contributed by atoms with Crippen molar-refractivity contribution in [3.05, 3.63) is 58.6 Å². The van der Waals surface area contributed by atoms with E-state index in [1.807, 2.05) is 16.3 Å². The highest BCUT2D eigenvalue weighted by molar-refractivity contribution is 7.17. The number of nitrogens with one attached hydrogen (secondary N) is 1. The molecule has 2 aromatic heterocycles. The Bertz CT molecular complexity index is 887. The van der Waals surface area contributed by atoms with E-state index in [9.17, 15) is 18.7 Å². The lowest BCUT2D eigenvalue weighted by Gasteiger charge is -2.16. The number of benzene rings is 1. The van der Waals surface area contributed by atoms with Gasteiger partial charge in [-0.15, -0.1) is 11.3 Å². The summed E-state index contributed by atoms with van der Waals surface area (Å²) < 4.78 is 28.2. The summed E-state index contributed by atoms with van der Waals surface area (Å²) in [6, 6.07) is 7.34. The molecule has 130 valence electrons. The molecular formula is C18H16F2N2O2S. The fourth-order valence-electron chi connectivity index (χ4n) is 3.62. The second-order valence-corrected chi connectivity index (χ2v) is 7.39. The molecule has 0 bridgehead atoms. The number of hydrogen-bond acceptors (Lipinski definition) is 3. The number of carbonyl (C=O) groups is 1. The predicted octanol–water partition coefficient (Wildman–Crippen LogP) is 3.81. The molecule has 4 rings (SSSR count). The van der Waals surface area contributed by atoms with Gasteiger partial charge in [-0.25, -0.2) is 8.78 Å². The largest absolute Gasteiger partial charge is 0.481 e. The second kappa shape index (κ2) is 6.24. The molecule has 1 aromatic carbocycles. The van der Waals surface area contributed by atoms with Crippen LogP contribution in [0.2, 0.25) is 0 Å². The Labute approximate surface area is 146 Å². The molecule has 0 aliphatic carbocycles.